The van der Waals surface area contributed by atoms with Crippen LogP contribution in [0, 0.1) is 0 Å². The van der Waals surface area contributed by atoms with E-state index in [0.29, 0.717) is 19.0 Å². The maximum Gasteiger partial charge on any atom is 0.219 e. The minimum absolute atomic E-state index is 0.0201. The molecule has 0 atom stereocenters. The maximum absolute atomic E-state index is 11.1. The minimum atomic E-state index is -3.34. The summed E-state index contributed by atoms with van der Waals surface area (Å²) < 4.78 is 21.4. The van der Waals surface area contributed by atoms with E-state index in [1.54, 1.807) is 6.92 Å². The molecule has 1 fully saturated rings. The van der Waals surface area contributed by atoms with Crippen LogP contribution < -0.4 is 10.5 Å². The normalized spacial score (nSPS) is 18.4. The van der Waals surface area contributed by atoms with Crippen LogP contribution >= 0.6 is 0 Å². The van der Waals surface area contributed by atoms with Gasteiger partial charge in [0.1, 0.15) is 0 Å². The van der Waals surface area contributed by atoms with Crippen molar-refractivity contribution in [2.24, 2.45) is 5.14 Å². The van der Waals surface area contributed by atoms with Gasteiger partial charge in [0.2, 0.25) is 15.9 Å². The fourth-order valence-corrected chi connectivity index (χ4v) is 2.52. The molecule has 1 saturated heterocycles. The van der Waals surface area contributed by atoms with Gasteiger partial charge in [-0.25, -0.2) is 13.6 Å². The number of nitrogens with zero attached hydrogens (tertiary/aromatic N) is 1. The van der Waals surface area contributed by atoms with Gasteiger partial charge >= 0.3 is 0 Å². The van der Waals surface area contributed by atoms with Crippen molar-refractivity contribution in [3.63, 3.8) is 0 Å². The summed E-state index contributed by atoms with van der Waals surface area (Å²) in [5.41, 5.74) is 0. The first-order chi connectivity index (χ1) is 7.88. The summed E-state index contributed by atoms with van der Waals surface area (Å²) in [5.74, 6) is 0.143. The number of rotatable bonds is 5. The first-order valence-electron chi connectivity index (χ1n) is 5.88. The zero-order valence-corrected chi connectivity index (χ0v) is 11.0. The largest absolute Gasteiger partial charge is 0.343 e. The predicted octanol–water partition coefficient (Wildman–Crippen LogP) is -0.734. The van der Waals surface area contributed by atoms with E-state index < -0.39 is 10.0 Å². The number of sulfonamides is 1. The Hall–Kier alpha value is -0.660. The molecule has 0 aromatic rings. The second-order valence-electron chi connectivity index (χ2n) is 4.46. The molecule has 7 heteroatoms. The molecular weight excluding hydrogens is 242 g/mol. The van der Waals surface area contributed by atoms with Crippen LogP contribution in [0.4, 0.5) is 0 Å². The van der Waals surface area contributed by atoms with Crippen molar-refractivity contribution in [2.45, 2.75) is 32.2 Å². The molecule has 1 aliphatic rings. The Kier molecular flexibility index (Phi) is 5.35. The van der Waals surface area contributed by atoms with E-state index in [1.807, 2.05) is 4.90 Å². The van der Waals surface area contributed by atoms with Crippen LogP contribution in [0.15, 0.2) is 0 Å². The monoisotopic (exact) mass is 263 g/mol. The van der Waals surface area contributed by atoms with Gasteiger partial charge < -0.3 is 10.2 Å². The lowest BCUT2D eigenvalue weighted by Gasteiger charge is -2.31. The average molecular weight is 263 g/mol. The molecule has 100 valence electrons. The van der Waals surface area contributed by atoms with Crippen LogP contribution in [0.2, 0.25) is 0 Å². The van der Waals surface area contributed by atoms with Crippen LogP contribution in [0.25, 0.3) is 0 Å². The molecule has 0 aromatic heterocycles. The molecule has 1 aliphatic heterocycles. The molecule has 17 heavy (non-hydrogen) atoms. The van der Waals surface area contributed by atoms with Crippen molar-refractivity contribution in [3.05, 3.63) is 0 Å². The van der Waals surface area contributed by atoms with Crippen molar-refractivity contribution in [1.29, 1.82) is 0 Å². The molecule has 1 amide bonds. The number of primary sulfonamides is 1. The van der Waals surface area contributed by atoms with E-state index in [4.69, 9.17) is 5.14 Å². The number of nitrogens with two attached hydrogens (primary N) is 1. The highest BCUT2D eigenvalue weighted by atomic mass is 32.2. The van der Waals surface area contributed by atoms with Crippen molar-refractivity contribution in [2.75, 3.05) is 25.4 Å². The Balaban J connectivity index is 2.12. The highest BCUT2D eigenvalue weighted by Gasteiger charge is 2.19. The number of hydrogen-bond acceptors (Lipinski definition) is 4. The maximum atomic E-state index is 11.1. The van der Waals surface area contributed by atoms with E-state index in [2.05, 4.69) is 5.32 Å². The van der Waals surface area contributed by atoms with Crippen LogP contribution in [0.1, 0.15) is 26.2 Å². The Labute approximate surface area is 103 Å². The zero-order chi connectivity index (χ0) is 12.9. The Bertz CT molecular complexity index is 348. The van der Waals surface area contributed by atoms with Crippen molar-refractivity contribution >= 4 is 15.9 Å². The van der Waals surface area contributed by atoms with Gasteiger partial charge in [-0.2, -0.15) is 0 Å². The summed E-state index contributed by atoms with van der Waals surface area (Å²) in [5, 5.41) is 8.20. The third kappa shape index (κ3) is 5.99. The molecule has 0 aromatic carbocycles. The van der Waals surface area contributed by atoms with Gasteiger partial charge in [0.15, 0.2) is 0 Å². The van der Waals surface area contributed by atoms with Crippen LogP contribution in [0.5, 0.6) is 0 Å². The van der Waals surface area contributed by atoms with Crippen molar-refractivity contribution in [1.82, 2.24) is 10.2 Å². The second-order valence-corrected chi connectivity index (χ2v) is 6.19. The van der Waals surface area contributed by atoms with Gasteiger partial charge in [-0.05, 0) is 25.8 Å². The average Bonchev–Trinajstić information content (AvgIpc) is 2.24. The lowest BCUT2D eigenvalue weighted by atomic mass is 10.1. The van der Waals surface area contributed by atoms with Gasteiger partial charge in [-0.15, -0.1) is 0 Å². The standard InChI is InChI=1S/C10H21N3O3S/c1-9(14)13-6-3-10(4-7-13)12-5-2-8-17(11,15)16/h10,12H,2-8H2,1H3,(H2,11,15,16). The third-order valence-corrected chi connectivity index (χ3v) is 3.84. The summed E-state index contributed by atoms with van der Waals surface area (Å²) in [7, 11) is -3.34. The van der Waals surface area contributed by atoms with E-state index in [0.717, 1.165) is 25.9 Å². The molecule has 0 unspecified atom stereocenters. The first kappa shape index (κ1) is 14.4. The number of carbonyl (C=O) groups excluding carboxylic acids is 1. The topological polar surface area (TPSA) is 92.5 Å². The summed E-state index contributed by atoms with van der Waals surface area (Å²) >= 11 is 0. The third-order valence-electron chi connectivity index (χ3n) is 2.98. The molecule has 0 bridgehead atoms. The van der Waals surface area contributed by atoms with Gasteiger partial charge in [0, 0.05) is 26.1 Å². The molecule has 1 rings (SSSR count). The summed E-state index contributed by atoms with van der Waals surface area (Å²) in [6.45, 7) is 3.80. The van der Waals surface area contributed by atoms with E-state index in [9.17, 15) is 13.2 Å². The second kappa shape index (κ2) is 6.32. The van der Waals surface area contributed by atoms with Crippen LogP contribution in [-0.4, -0.2) is 50.7 Å². The van der Waals surface area contributed by atoms with Gasteiger partial charge in [0.25, 0.3) is 0 Å². The highest BCUT2D eigenvalue weighted by Crippen LogP contribution is 2.10. The van der Waals surface area contributed by atoms with E-state index >= 15 is 0 Å². The Morgan fingerprint density at radius 2 is 2.00 bits per heavy atom. The number of nitrogens with one attached hydrogen (secondary N) is 1. The van der Waals surface area contributed by atoms with Crippen molar-refractivity contribution < 1.29 is 13.2 Å². The quantitative estimate of drug-likeness (QED) is 0.639. The summed E-state index contributed by atoms with van der Waals surface area (Å²) in [6, 6.07) is 0.381. The molecule has 0 radical (unpaired) electrons. The molecule has 6 nitrogen and oxygen atoms in total. The van der Waals surface area contributed by atoms with Crippen LogP contribution in [-0.2, 0) is 14.8 Å². The number of carbonyl (C=O) groups is 1. The smallest absolute Gasteiger partial charge is 0.219 e. The number of likely N-dealkylation sites (tertiary alicyclic amines) is 1. The molecule has 0 spiro atoms. The summed E-state index contributed by atoms with van der Waals surface area (Å²) in [6.07, 6.45) is 2.38. The molecular formula is C10H21N3O3S. The van der Waals surface area contributed by atoms with Gasteiger partial charge in [0.05, 0.1) is 5.75 Å². The van der Waals surface area contributed by atoms with E-state index in [1.165, 1.54) is 0 Å². The summed E-state index contributed by atoms with van der Waals surface area (Å²) in [4.78, 5) is 12.9. The van der Waals surface area contributed by atoms with E-state index in [-0.39, 0.29) is 11.7 Å². The predicted molar refractivity (Wildman–Crippen MR) is 65.9 cm³/mol. The minimum Gasteiger partial charge on any atom is -0.343 e. The lowest BCUT2D eigenvalue weighted by molar-refractivity contribution is -0.129. The lowest BCUT2D eigenvalue weighted by Crippen LogP contribution is -2.44. The molecule has 1 heterocycles. The molecule has 0 aliphatic carbocycles. The zero-order valence-electron chi connectivity index (χ0n) is 10.2. The number of amides is 1. The number of hydrogen-bond donors (Lipinski definition) is 2. The van der Waals surface area contributed by atoms with Gasteiger partial charge in [-0.3, -0.25) is 4.79 Å². The highest BCUT2D eigenvalue weighted by molar-refractivity contribution is 7.89. The Morgan fingerprint density at radius 3 is 2.47 bits per heavy atom. The Morgan fingerprint density at radius 1 is 1.41 bits per heavy atom. The fraction of sp³-hybridized carbons (Fsp3) is 0.900. The van der Waals surface area contributed by atoms with Gasteiger partial charge in [-0.1, -0.05) is 0 Å². The fourth-order valence-electron chi connectivity index (χ4n) is 1.98. The first-order valence-corrected chi connectivity index (χ1v) is 7.59. The van der Waals surface area contributed by atoms with Crippen LogP contribution in [0.3, 0.4) is 0 Å². The van der Waals surface area contributed by atoms with Crippen molar-refractivity contribution in [3.8, 4) is 0 Å². The molecule has 3 N–H and O–H groups in total. The SMILES string of the molecule is CC(=O)N1CCC(NCCCS(N)(=O)=O)CC1. The molecule has 0 saturated carbocycles. The number of piperidine rings is 1.